The van der Waals surface area contributed by atoms with Crippen LogP contribution in [-0.2, 0) is 9.53 Å². The van der Waals surface area contributed by atoms with Gasteiger partial charge in [-0.05, 0) is 30.0 Å². The molecule has 0 aliphatic heterocycles. The third-order valence-electron chi connectivity index (χ3n) is 3.49. The molecule has 0 unspecified atom stereocenters. The minimum atomic E-state index is -0.531. The normalized spacial score (nSPS) is 12.4. The van der Waals surface area contributed by atoms with E-state index >= 15 is 0 Å². The molecule has 0 spiro atoms. The number of rotatable bonds is 6. The number of tetrazole rings is 1. The fraction of sp³-hybridized carbons (Fsp3) is 0.500. The Bertz CT molecular complexity index is 619. The lowest BCUT2D eigenvalue weighted by molar-refractivity contribution is -0.148. The van der Waals surface area contributed by atoms with Crippen molar-refractivity contribution in [2.45, 2.75) is 46.1 Å². The summed E-state index contributed by atoms with van der Waals surface area (Å²) in [6.45, 7) is 8.31. The van der Waals surface area contributed by atoms with E-state index in [-0.39, 0.29) is 5.97 Å². The van der Waals surface area contributed by atoms with Crippen LogP contribution in [0, 0.1) is 0 Å². The van der Waals surface area contributed by atoms with Gasteiger partial charge in [0.15, 0.2) is 6.04 Å². The van der Waals surface area contributed by atoms with E-state index in [1.54, 1.807) is 6.92 Å². The molecule has 0 saturated carbocycles. The largest absolute Gasteiger partial charge is 0.464 e. The van der Waals surface area contributed by atoms with E-state index in [1.165, 1.54) is 10.4 Å². The van der Waals surface area contributed by atoms with Crippen LogP contribution in [0.15, 0.2) is 24.3 Å². The van der Waals surface area contributed by atoms with E-state index in [9.17, 15) is 4.79 Å². The molecule has 22 heavy (non-hydrogen) atoms. The van der Waals surface area contributed by atoms with E-state index in [1.807, 2.05) is 19.1 Å². The summed E-state index contributed by atoms with van der Waals surface area (Å²) in [6.07, 6.45) is 0.556. The van der Waals surface area contributed by atoms with Crippen LogP contribution in [0.1, 0.15) is 51.6 Å². The molecule has 2 rings (SSSR count). The topological polar surface area (TPSA) is 69.9 Å². The first-order valence-electron chi connectivity index (χ1n) is 7.63. The number of carbonyl (C=O) groups is 1. The van der Waals surface area contributed by atoms with E-state index in [0.717, 1.165) is 5.56 Å². The van der Waals surface area contributed by atoms with Gasteiger partial charge in [0.05, 0.1) is 6.61 Å². The molecule has 0 aliphatic rings. The average Bonchev–Trinajstić information content (AvgIpc) is 2.98. The van der Waals surface area contributed by atoms with Gasteiger partial charge >= 0.3 is 5.97 Å². The highest BCUT2D eigenvalue weighted by Crippen LogP contribution is 2.20. The zero-order valence-corrected chi connectivity index (χ0v) is 13.5. The van der Waals surface area contributed by atoms with E-state index in [2.05, 4.69) is 41.4 Å². The van der Waals surface area contributed by atoms with Gasteiger partial charge in [-0.3, -0.25) is 0 Å². The lowest BCUT2D eigenvalue weighted by Crippen LogP contribution is -2.23. The predicted molar refractivity (Wildman–Crippen MR) is 83.3 cm³/mol. The van der Waals surface area contributed by atoms with Crippen molar-refractivity contribution in [1.82, 2.24) is 20.2 Å². The van der Waals surface area contributed by atoms with Crippen molar-refractivity contribution < 1.29 is 9.53 Å². The molecule has 0 bridgehead atoms. The maximum absolute atomic E-state index is 11.9. The Morgan fingerprint density at radius 3 is 2.45 bits per heavy atom. The van der Waals surface area contributed by atoms with E-state index in [4.69, 9.17) is 4.74 Å². The van der Waals surface area contributed by atoms with Crippen molar-refractivity contribution in [1.29, 1.82) is 0 Å². The highest BCUT2D eigenvalue weighted by atomic mass is 16.5. The zero-order chi connectivity index (χ0) is 16.1. The van der Waals surface area contributed by atoms with Crippen LogP contribution in [0.25, 0.3) is 11.4 Å². The fourth-order valence-electron chi connectivity index (χ4n) is 2.15. The molecule has 6 nitrogen and oxygen atoms in total. The molecule has 118 valence electrons. The smallest absolute Gasteiger partial charge is 0.332 e. The van der Waals surface area contributed by atoms with Gasteiger partial charge in [0.25, 0.3) is 0 Å². The third-order valence-corrected chi connectivity index (χ3v) is 3.49. The van der Waals surface area contributed by atoms with Crippen LogP contribution in [0.2, 0.25) is 0 Å². The van der Waals surface area contributed by atoms with E-state index < -0.39 is 6.04 Å². The van der Waals surface area contributed by atoms with Gasteiger partial charge in [-0.25, -0.2) is 4.79 Å². The Balaban J connectivity index is 2.21. The zero-order valence-electron chi connectivity index (χ0n) is 13.5. The number of aromatic nitrogens is 4. The van der Waals surface area contributed by atoms with Crippen molar-refractivity contribution in [2.75, 3.05) is 6.61 Å². The molecule has 1 aromatic heterocycles. The number of esters is 1. The molecule has 1 aromatic carbocycles. The molecule has 0 fully saturated rings. The van der Waals surface area contributed by atoms with Crippen LogP contribution < -0.4 is 0 Å². The van der Waals surface area contributed by atoms with Gasteiger partial charge in [0.1, 0.15) is 0 Å². The summed E-state index contributed by atoms with van der Waals surface area (Å²) >= 11 is 0. The molecular weight excluding hydrogens is 280 g/mol. The fourth-order valence-corrected chi connectivity index (χ4v) is 2.15. The second kappa shape index (κ2) is 7.15. The first-order valence-corrected chi connectivity index (χ1v) is 7.63. The summed E-state index contributed by atoms with van der Waals surface area (Å²) in [7, 11) is 0. The lowest BCUT2D eigenvalue weighted by Gasteiger charge is -2.11. The Morgan fingerprint density at radius 2 is 1.91 bits per heavy atom. The number of hydrogen-bond acceptors (Lipinski definition) is 5. The standard InChI is InChI=1S/C16H22N4O2/c1-5-14(16(21)22-6-2)20-18-15(17-19-20)13-9-7-12(8-10-13)11(3)4/h7-11,14H,5-6H2,1-4H3/t14-/m1/s1. The van der Waals surface area contributed by atoms with Crippen molar-refractivity contribution in [3.05, 3.63) is 29.8 Å². The number of benzene rings is 1. The van der Waals surface area contributed by atoms with Crippen molar-refractivity contribution in [2.24, 2.45) is 0 Å². The highest BCUT2D eigenvalue weighted by molar-refractivity contribution is 5.73. The Hall–Kier alpha value is -2.24. The molecule has 0 saturated heterocycles. The van der Waals surface area contributed by atoms with Crippen molar-refractivity contribution in [3.8, 4) is 11.4 Å². The summed E-state index contributed by atoms with van der Waals surface area (Å²) in [5.41, 5.74) is 2.14. The molecule has 0 radical (unpaired) electrons. The number of hydrogen-bond donors (Lipinski definition) is 0. The van der Waals surface area contributed by atoms with Gasteiger partial charge in [-0.15, -0.1) is 15.0 Å². The maximum atomic E-state index is 11.9. The maximum Gasteiger partial charge on any atom is 0.332 e. The molecule has 0 N–H and O–H groups in total. The van der Waals surface area contributed by atoms with Crippen LogP contribution in [0.4, 0.5) is 0 Å². The molecule has 1 atom stereocenters. The monoisotopic (exact) mass is 302 g/mol. The van der Waals surface area contributed by atoms with Crippen LogP contribution in [0.5, 0.6) is 0 Å². The number of carbonyl (C=O) groups excluding carboxylic acids is 1. The first kappa shape index (κ1) is 16.1. The average molecular weight is 302 g/mol. The summed E-state index contributed by atoms with van der Waals surface area (Å²) < 4.78 is 5.04. The van der Waals surface area contributed by atoms with Crippen molar-refractivity contribution in [3.63, 3.8) is 0 Å². The van der Waals surface area contributed by atoms with Gasteiger partial charge in [-0.2, -0.15) is 0 Å². The summed E-state index contributed by atoms with van der Waals surface area (Å²) in [5, 5.41) is 12.4. The number of ether oxygens (including phenoxy) is 1. The Morgan fingerprint density at radius 1 is 1.23 bits per heavy atom. The third kappa shape index (κ3) is 3.50. The molecular formula is C16H22N4O2. The quantitative estimate of drug-likeness (QED) is 0.767. The van der Waals surface area contributed by atoms with Gasteiger partial charge in [-0.1, -0.05) is 45.0 Å². The van der Waals surface area contributed by atoms with Gasteiger partial charge < -0.3 is 4.74 Å². The van der Waals surface area contributed by atoms with Crippen LogP contribution in [0.3, 0.4) is 0 Å². The van der Waals surface area contributed by atoms with E-state index in [0.29, 0.717) is 24.8 Å². The molecule has 6 heteroatoms. The molecule has 0 amide bonds. The van der Waals surface area contributed by atoms with Crippen molar-refractivity contribution >= 4 is 5.97 Å². The Labute approximate surface area is 130 Å². The molecule has 0 aliphatic carbocycles. The summed E-state index contributed by atoms with van der Waals surface area (Å²) in [6, 6.07) is 7.53. The second-order valence-electron chi connectivity index (χ2n) is 5.39. The second-order valence-corrected chi connectivity index (χ2v) is 5.39. The van der Waals surface area contributed by atoms with Gasteiger partial charge in [0.2, 0.25) is 5.82 Å². The van der Waals surface area contributed by atoms with Crippen LogP contribution in [-0.4, -0.2) is 32.8 Å². The lowest BCUT2D eigenvalue weighted by atomic mass is 10.0. The SMILES string of the molecule is CCOC(=O)[C@@H](CC)n1nnc(-c2ccc(C(C)C)cc2)n1. The first-order chi connectivity index (χ1) is 10.6. The highest BCUT2D eigenvalue weighted by Gasteiger charge is 2.23. The summed E-state index contributed by atoms with van der Waals surface area (Å²) in [5.74, 6) is 0.660. The Kier molecular flexibility index (Phi) is 5.25. The minimum Gasteiger partial charge on any atom is -0.464 e. The minimum absolute atomic E-state index is 0.330. The predicted octanol–water partition coefficient (Wildman–Crippen LogP) is 2.98. The molecule has 1 heterocycles. The van der Waals surface area contributed by atoms with Gasteiger partial charge in [0, 0.05) is 5.56 Å². The number of nitrogens with zero attached hydrogens (tertiary/aromatic N) is 4. The van der Waals surface area contributed by atoms with Crippen LogP contribution >= 0.6 is 0 Å². The molecule has 2 aromatic rings. The summed E-state index contributed by atoms with van der Waals surface area (Å²) in [4.78, 5) is 13.2.